The average Bonchev–Trinajstić information content (AvgIpc) is 2.62. The van der Waals surface area contributed by atoms with E-state index in [2.05, 4.69) is 10.1 Å². The normalized spacial score (nSPS) is 17.0. The van der Waals surface area contributed by atoms with Crippen LogP contribution in [0, 0.1) is 11.6 Å². The fraction of sp³-hybridized carbons (Fsp3) is 0.412. The second kappa shape index (κ2) is 8.47. The maximum atomic E-state index is 14.2. The van der Waals surface area contributed by atoms with Crippen LogP contribution in [0.2, 0.25) is 0 Å². The molecule has 0 aromatic heterocycles. The van der Waals surface area contributed by atoms with Crippen molar-refractivity contribution in [1.82, 2.24) is 5.32 Å². The first-order valence-electron chi connectivity index (χ1n) is 8.12. The second-order valence-electron chi connectivity index (χ2n) is 5.93. The quantitative estimate of drug-likeness (QED) is 0.733. The summed E-state index contributed by atoms with van der Waals surface area (Å²) in [6, 6.07) is 1.61. The van der Waals surface area contributed by atoms with Crippen LogP contribution in [0.1, 0.15) is 31.7 Å². The third-order valence-corrected chi connectivity index (χ3v) is 5.55. The van der Waals surface area contributed by atoms with Gasteiger partial charge in [-0.2, -0.15) is 8.42 Å². The Bertz CT molecular complexity index is 858. The molecule has 0 aliphatic heterocycles. The van der Waals surface area contributed by atoms with Crippen molar-refractivity contribution >= 4 is 22.0 Å². The van der Waals surface area contributed by atoms with Gasteiger partial charge >= 0.3 is 16.2 Å². The minimum atomic E-state index is -4.48. The van der Waals surface area contributed by atoms with Gasteiger partial charge in [-0.3, -0.25) is 4.79 Å². The zero-order valence-corrected chi connectivity index (χ0v) is 15.6. The molecule has 1 aliphatic rings. The molecule has 2 rings (SSSR count). The molecule has 148 valence electrons. The molecule has 0 spiro atoms. The number of rotatable bonds is 6. The molecule has 10 heteroatoms. The van der Waals surface area contributed by atoms with Gasteiger partial charge in [-0.1, -0.05) is 6.08 Å². The number of nitrogens with one attached hydrogen (secondary N) is 1. The third kappa shape index (κ3) is 5.03. The maximum Gasteiger partial charge on any atom is 0.407 e. The minimum Gasteiger partial charge on any atom is -0.445 e. The first-order chi connectivity index (χ1) is 12.7. The van der Waals surface area contributed by atoms with Crippen LogP contribution >= 0.6 is 0 Å². The predicted molar refractivity (Wildman–Crippen MR) is 91.6 cm³/mol. The van der Waals surface area contributed by atoms with Gasteiger partial charge in [-0.25, -0.2) is 13.6 Å². The number of allylic oxidation sites excluding steroid dienone is 1. The number of hydrogen-bond acceptors (Lipinski definition) is 6. The van der Waals surface area contributed by atoms with Crippen molar-refractivity contribution in [3.05, 3.63) is 41.0 Å². The van der Waals surface area contributed by atoms with E-state index in [1.54, 1.807) is 0 Å². The van der Waals surface area contributed by atoms with E-state index in [-0.39, 0.29) is 17.6 Å². The molecule has 0 fully saturated rings. The largest absolute Gasteiger partial charge is 0.445 e. The number of amides is 1. The summed E-state index contributed by atoms with van der Waals surface area (Å²) in [6.45, 7) is 0.808. The Morgan fingerprint density at radius 2 is 1.89 bits per heavy atom. The Morgan fingerprint density at radius 3 is 2.44 bits per heavy atom. The fourth-order valence-corrected chi connectivity index (χ4v) is 4.22. The molecule has 27 heavy (non-hydrogen) atoms. The van der Waals surface area contributed by atoms with Crippen molar-refractivity contribution in [1.29, 1.82) is 0 Å². The molecule has 7 nitrogen and oxygen atoms in total. The lowest BCUT2D eigenvalue weighted by molar-refractivity contribution is -0.113. The van der Waals surface area contributed by atoms with Gasteiger partial charge in [-0.15, -0.1) is 0 Å². The number of ether oxygens (including phenoxy) is 1. The van der Waals surface area contributed by atoms with Crippen LogP contribution in [0.4, 0.5) is 13.6 Å². The van der Waals surface area contributed by atoms with Gasteiger partial charge in [0.1, 0.15) is 11.9 Å². The maximum absolute atomic E-state index is 14.2. The highest BCUT2D eigenvalue weighted by Crippen LogP contribution is 2.31. The molecule has 1 aliphatic carbocycles. The standard InChI is InChI=1S/C17H19F2NO6S/c1-10(21)12-5-3-4-6-15(12)27(23,24)26-16-13(18)7-11(8-14(16)19)9-25-17(22)20-2/h5,7-8,15H,3-4,6,9H2,1-2H3,(H,20,22). The van der Waals surface area contributed by atoms with Crippen LogP contribution in [0.15, 0.2) is 23.8 Å². The average molecular weight is 403 g/mol. The Kier molecular flexibility index (Phi) is 6.53. The lowest BCUT2D eigenvalue weighted by atomic mass is 9.96. The molecule has 1 aromatic carbocycles. The number of alkyl carbamates (subject to hydrolysis) is 1. The monoisotopic (exact) mass is 403 g/mol. The van der Waals surface area contributed by atoms with Gasteiger partial charge in [-0.05, 0) is 43.9 Å². The Morgan fingerprint density at radius 1 is 1.26 bits per heavy atom. The molecule has 0 saturated heterocycles. The first-order valence-corrected chi connectivity index (χ1v) is 9.59. The molecular weight excluding hydrogens is 384 g/mol. The molecule has 0 heterocycles. The van der Waals surface area contributed by atoms with Crippen LogP contribution in [0.3, 0.4) is 0 Å². The summed E-state index contributed by atoms with van der Waals surface area (Å²) in [6.07, 6.45) is 1.88. The topological polar surface area (TPSA) is 98.8 Å². The van der Waals surface area contributed by atoms with Crippen LogP contribution in [0.25, 0.3) is 0 Å². The van der Waals surface area contributed by atoms with Crippen molar-refractivity contribution in [2.24, 2.45) is 0 Å². The van der Waals surface area contributed by atoms with Gasteiger partial charge in [0, 0.05) is 12.6 Å². The zero-order chi connectivity index (χ0) is 20.2. The summed E-state index contributed by atoms with van der Waals surface area (Å²) in [5.74, 6) is -4.06. The second-order valence-corrected chi connectivity index (χ2v) is 7.65. The van der Waals surface area contributed by atoms with Gasteiger partial charge in [0.05, 0.1) is 0 Å². The van der Waals surface area contributed by atoms with Crippen molar-refractivity contribution in [3.63, 3.8) is 0 Å². The van der Waals surface area contributed by atoms with Crippen molar-refractivity contribution in [2.75, 3.05) is 7.05 Å². The van der Waals surface area contributed by atoms with Crippen molar-refractivity contribution in [2.45, 2.75) is 38.0 Å². The predicted octanol–water partition coefficient (Wildman–Crippen LogP) is 2.60. The highest BCUT2D eigenvalue weighted by Gasteiger charge is 2.36. The van der Waals surface area contributed by atoms with Crippen LogP contribution in [-0.2, 0) is 26.3 Å². The van der Waals surface area contributed by atoms with E-state index >= 15 is 0 Å². The smallest absolute Gasteiger partial charge is 0.407 e. The van der Waals surface area contributed by atoms with Crippen LogP contribution in [-0.4, -0.2) is 32.6 Å². The summed E-state index contributed by atoms with van der Waals surface area (Å²) in [5, 5.41) is 0.892. The number of halogens is 2. The minimum absolute atomic E-state index is 0.0275. The summed E-state index contributed by atoms with van der Waals surface area (Å²) in [4.78, 5) is 22.7. The molecule has 1 unspecified atom stereocenters. The van der Waals surface area contributed by atoms with Crippen LogP contribution in [0.5, 0.6) is 5.75 Å². The van der Waals surface area contributed by atoms with E-state index in [1.165, 1.54) is 20.0 Å². The van der Waals surface area contributed by atoms with E-state index in [0.29, 0.717) is 12.8 Å². The van der Waals surface area contributed by atoms with Gasteiger partial charge in [0.25, 0.3) is 0 Å². The first kappa shape index (κ1) is 20.8. The Balaban J connectivity index is 2.25. The molecule has 0 bridgehead atoms. The number of carbonyl (C=O) groups excluding carboxylic acids is 2. The number of benzene rings is 1. The molecular formula is C17H19F2NO6S. The summed E-state index contributed by atoms with van der Waals surface area (Å²) < 4.78 is 62.8. The Hall–Kier alpha value is -2.49. The lowest BCUT2D eigenvalue weighted by Gasteiger charge is -2.22. The lowest BCUT2D eigenvalue weighted by Crippen LogP contribution is -2.32. The van der Waals surface area contributed by atoms with E-state index in [9.17, 15) is 26.8 Å². The highest BCUT2D eigenvalue weighted by atomic mass is 32.2. The summed E-state index contributed by atoms with van der Waals surface area (Å²) in [5.41, 5.74) is 0.0259. The molecule has 0 saturated carbocycles. The van der Waals surface area contributed by atoms with E-state index in [1.807, 2.05) is 0 Å². The molecule has 1 aromatic rings. The van der Waals surface area contributed by atoms with Gasteiger partial charge < -0.3 is 14.2 Å². The van der Waals surface area contributed by atoms with E-state index in [4.69, 9.17) is 4.18 Å². The molecule has 0 radical (unpaired) electrons. The van der Waals surface area contributed by atoms with Crippen molar-refractivity contribution < 1.29 is 35.7 Å². The molecule has 1 N–H and O–H groups in total. The number of ketones is 1. The fourth-order valence-electron chi connectivity index (χ4n) is 2.69. The van der Waals surface area contributed by atoms with E-state index in [0.717, 1.165) is 12.1 Å². The number of Topliss-reactive ketones (excluding diaryl/α,β-unsaturated/α-hetero) is 1. The number of hydrogen-bond donors (Lipinski definition) is 1. The molecule has 1 amide bonds. The highest BCUT2D eigenvalue weighted by molar-refractivity contribution is 7.88. The van der Waals surface area contributed by atoms with Crippen molar-refractivity contribution in [3.8, 4) is 5.75 Å². The summed E-state index contributed by atoms with van der Waals surface area (Å²) in [7, 11) is -3.16. The molecule has 1 atom stereocenters. The number of carbonyl (C=O) groups is 2. The zero-order valence-electron chi connectivity index (χ0n) is 14.8. The SMILES string of the molecule is CNC(=O)OCc1cc(F)c(OS(=O)(=O)C2CCCC=C2C(C)=O)c(F)c1. The van der Waals surface area contributed by atoms with Crippen LogP contribution < -0.4 is 9.50 Å². The summed E-state index contributed by atoms with van der Waals surface area (Å²) >= 11 is 0. The Labute approximate surface area is 155 Å². The van der Waals surface area contributed by atoms with Gasteiger partial charge in [0.15, 0.2) is 17.4 Å². The third-order valence-electron chi connectivity index (χ3n) is 3.97. The van der Waals surface area contributed by atoms with E-state index < -0.39 is 51.2 Å². The van der Waals surface area contributed by atoms with Gasteiger partial charge in [0.2, 0.25) is 5.75 Å².